The fraction of sp³-hybridized carbons (Fsp3) is 0.0625. The molecule has 0 aliphatic carbocycles. The number of hydrogen-bond acceptors (Lipinski definition) is 7. The smallest absolute Gasteiger partial charge is 0.344 e. The van der Waals surface area contributed by atoms with Crippen LogP contribution < -0.4 is 16.1 Å². The molecule has 4 rings (SSSR count). The van der Waals surface area contributed by atoms with Crippen molar-refractivity contribution < 1.29 is 14.1 Å². The van der Waals surface area contributed by atoms with Crippen molar-refractivity contribution in [2.24, 2.45) is 5.73 Å². The average Bonchev–Trinajstić information content (AvgIpc) is 3.07. The molecule has 7 nitrogen and oxygen atoms in total. The normalized spacial score (nSPS) is 16.8. The van der Waals surface area contributed by atoms with Gasteiger partial charge in [0.25, 0.3) is 5.88 Å². The van der Waals surface area contributed by atoms with Crippen LogP contribution in [-0.2, 0) is 0 Å². The molecular weight excluding hydrogens is 332 g/mol. The number of nitrogens with two attached hydrogens (primary N) is 1. The molecule has 1 unspecified atom stereocenters. The number of benzene rings is 1. The molecule has 24 heavy (non-hydrogen) atoms. The first-order chi connectivity index (χ1) is 11.6. The Morgan fingerprint density at radius 2 is 2.04 bits per heavy atom. The molecule has 1 aliphatic rings. The summed E-state index contributed by atoms with van der Waals surface area (Å²) in [7, 11) is 0. The summed E-state index contributed by atoms with van der Waals surface area (Å²) in [6, 6.07) is 8.54. The summed E-state index contributed by atoms with van der Waals surface area (Å²) in [6.45, 7) is 0. The summed E-state index contributed by atoms with van der Waals surface area (Å²) in [5, 5.41) is 15.6. The van der Waals surface area contributed by atoms with Crippen molar-refractivity contribution in [3.8, 4) is 5.75 Å². The summed E-state index contributed by atoms with van der Waals surface area (Å²) >= 11 is 1.37. The quantitative estimate of drug-likeness (QED) is 0.436. The van der Waals surface area contributed by atoms with Crippen LogP contribution in [-0.4, -0.2) is 4.92 Å². The second-order valence-corrected chi connectivity index (χ2v) is 6.01. The monoisotopic (exact) mass is 342 g/mol. The van der Waals surface area contributed by atoms with Crippen LogP contribution in [0.1, 0.15) is 17.0 Å². The lowest BCUT2D eigenvalue weighted by Gasteiger charge is -2.23. The van der Waals surface area contributed by atoms with Crippen LogP contribution in [0, 0.1) is 10.1 Å². The highest BCUT2D eigenvalue weighted by Gasteiger charge is 2.42. The third kappa shape index (κ3) is 2.00. The molecule has 1 aliphatic heterocycles. The third-order valence-corrected chi connectivity index (χ3v) is 4.60. The minimum Gasteiger partial charge on any atom is -0.434 e. The van der Waals surface area contributed by atoms with Gasteiger partial charge in [0.05, 0.1) is 15.9 Å². The fourth-order valence-corrected chi connectivity index (χ4v) is 3.58. The van der Waals surface area contributed by atoms with Crippen molar-refractivity contribution in [1.29, 1.82) is 0 Å². The molecule has 120 valence electrons. The Morgan fingerprint density at radius 3 is 2.75 bits per heavy atom. The zero-order valence-electron chi connectivity index (χ0n) is 12.1. The predicted molar refractivity (Wildman–Crippen MR) is 87.5 cm³/mol. The minimum absolute atomic E-state index is 0.0907. The number of rotatable bonds is 2. The van der Waals surface area contributed by atoms with Gasteiger partial charge in [-0.3, -0.25) is 10.1 Å². The lowest BCUT2D eigenvalue weighted by Crippen LogP contribution is -2.29. The highest BCUT2D eigenvalue weighted by Crippen LogP contribution is 2.44. The molecule has 0 spiro atoms. The van der Waals surface area contributed by atoms with E-state index in [0.717, 1.165) is 0 Å². The molecule has 0 amide bonds. The molecule has 0 saturated heterocycles. The van der Waals surface area contributed by atoms with E-state index in [1.807, 2.05) is 0 Å². The van der Waals surface area contributed by atoms with E-state index in [4.69, 9.17) is 14.9 Å². The van der Waals surface area contributed by atoms with Crippen molar-refractivity contribution in [1.82, 2.24) is 0 Å². The van der Waals surface area contributed by atoms with Crippen molar-refractivity contribution in [3.05, 3.63) is 84.3 Å². The van der Waals surface area contributed by atoms with E-state index in [0.29, 0.717) is 16.5 Å². The largest absolute Gasteiger partial charge is 0.434 e. The summed E-state index contributed by atoms with van der Waals surface area (Å²) in [5.41, 5.74) is 5.81. The number of hydrogen-bond donors (Lipinski definition) is 1. The fourth-order valence-electron chi connectivity index (χ4n) is 2.90. The zero-order chi connectivity index (χ0) is 16.8. The molecule has 1 atom stereocenters. The molecular formula is C16H10N2O5S. The Balaban J connectivity index is 2.11. The maximum absolute atomic E-state index is 12.5. The van der Waals surface area contributed by atoms with Crippen molar-refractivity contribution in [3.63, 3.8) is 0 Å². The second-order valence-electron chi connectivity index (χ2n) is 5.23. The van der Waals surface area contributed by atoms with E-state index in [1.54, 1.807) is 41.1 Å². The molecule has 1 aromatic carbocycles. The molecule has 3 heterocycles. The molecule has 2 aromatic heterocycles. The number of thiophene rings is 1. The van der Waals surface area contributed by atoms with Gasteiger partial charge < -0.3 is 14.9 Å². The maximum Gasteiger partial charge on any atom is 0.344 e. The first-order valence-electron chi connectivity index (χ1n) is 6.97. The number of para-hydroxylation sites is 1. The summed E-state index contributed by atoms with van der Waals surface area (Å²) in [6.07, 6.45) is 0. The van der Waals surface area contributed by atoms with Gasteiger partial charge in [0.2, 0.25) is 0 Å². The zero-order valence-corrected chi connectivity index (χ0v) is 12.9. The van der Waals surface area contributed by atoms with Crippen molar-refractivity contribution in [2.75, 3.05) is 0 Å². The molecule has 0 saturated carbocycles. The predicted octanol–water partition coefficient (Wildman–Crippen LogP) is 2.78. The van der Waals surface area contributed by atoms with Gasteiger partial charge >= 0.3 is 11.3 Å². The topological polar surface area (TPSA) is 109 Å². The van der Waals surface area contributed by atoms with Crippen LogP contribution >= 0.6 is 11.3 Å². The van der Waals surface area contributed by atoms with E-state index in [1.165, 1.54) is 11.3 Å². The van der Waals surface area contributed by atoms with Crippen LogP contribution in [0.15, 0.2) is 61.9 Å². The Bertz CT molecular complexity index is 1050. The van der Waals surface area contributed by atoms with E-state index in [2.05, 4.69) is 0 Å². The first kappa shape index (κ1) is 14.5. The van der Waals surface area contributed by atoms with Gasteiger partial charge in [-0.25, -0.2) is 4.79 Å². The molecule has 0 bridgehead atoms. The number of fused-ring (bicyclic) bond motifs is 3. The lowest BCUT2D eigenvalue weighted by atomic mass is 9.88. The Labute approximate surface area is 138 Å². The van der Waals surface area contributed by atoms with Crippen molar-refractivity contribution >= 4 is 22.3 Å². The molecule has 3 aromatic rings. The Kier molecular flexibility index (Phi) is 3.14. The van der Waals surface area contributed by atoms with Crippen molar-refractivity contribution in [2.45, 2.75) is 5.92 Å². The second kappa shape index (κ2) is 5.20. The van der Waals surface area contributed by atoms with E-state index < -0.39 is 16.5 Å². The standard InChI is InChI=1S/C16H10N2O5S/c17-15-13(18(20)21)11(8-5-6-24-7-8)12-14(23-15)9-3-1-2-4-10(9)22-16(12)19/h1-7,11H,17H2. The third-order valence-electron chi connectivity index (χ3n) is 3.90. The van der Waals surface area contributed by atoms with E-state index in [-0.39, 0.29) is 22.9 Å². The van der Waals surface area contributed by atoms with Crippen LogP contribution in [0.5, 0.6) is 5.75 Å². The van der Waals surface area contributed by atoms with E-state index >= 15 is 0 Å². The number of ether oxygens (including phenoxy) is 1. The molecule has 8 heteroatoms. The van der Waals surface area contributed by atoms with E-state index in [9.17, 15) is 14.9 Å². The lowest BCUT2D eigenvalue weighted by molar-refractivity contribution is -0.432. The van der Waals surface area contributed by atoms with Crippen LogP contribution in [0.4, 0.5) is 0 Å². The average molecular weight is 342 g/mol. The number of allylic oxidation sites excluding steroid dienone is 1. The van der Waals surface area contributed by atoms with Gasteiger partial charge in [-0.15, -0.1) is 0 Å². The van der Waals surface area contributed by atoms with Crippen LogP contribution in [0.2, 0.25) is 0 Å². The minimum atomic E-state index is -0.934. The number of nitro groups is 1. The highest BCUT2D eigenvalue weighted by atomic mass is 32.1. The number of nitrogens with zero attached hydrogens (tertiary/aromatic N) is 1. The van der Waals surface area contributed by atoms with Crippen LogP contribution in [0.25, 0.3) is 11.0 Å². The van der Waals surface area contributed by atoms with Gasteiger partial charge in [0, 0.05) is 0 Å². The van der Waals surface area contributed by atoms with Crippen LogP contribution in [0.3, 0.4) is 0 Å². The van der Waals surface area contributed by atoms with Gasteiger partial charge in [-0.05, 0) is 34.5 Å². The van der Waals surface area contributed by atoms with Gasteiger partial charge in [-0.1, -0.05) is 12.1 Å². The highest BCUT2D eigenvalue weighted by molar-refractivity contribution is 7.08. The summed E-state index contributed by atoms with van der Waals surface area (Å²) < 4.78 is 10.8. The molecule has 0 fully saturated rings. The summed E-state index contributed by atoms with van der Waals surface area (Å²) in [5.74, 6) is -1.04. The van der Waals surface area contributed by atoms with Gasteiger partial charge in [-0.2, -0.15) is 11.3 Å². The molecule has 0 radical (unpaired) electrons. The van der Waals surface area contributed by atoms with Gasteiger partial charge in [0.1, 0.15) is 11.5 Å². The SMILES string of the molecule is NC1=C([N+](=O)[O-])C(c2ccsc2)c2c(c3ccccc3oc2=O)O1. The molecule has 2 N–H and O–H groups in total. The Hall–Kier alpha value is -3.13. The first-order valence-corrected chi connectivity index (χ1v) is 7.92. The Morgan fingerprint density at radius 1 is 1.25 bits per heavy atom. The summed E-state index contributed by atoms with van der Waals surface area (Å²) in [4.78, 5) is 23.4. The maximum atomic E-state index is 12.5. The van der Waals surface area contributed by atoms with Gasteiger partial charge in [0.15, 0.2) is 5.75 Å².